The molecule has 0 aliphatic carbocycles. The molecule has 3 aromatic rings. The molecule has 0 fully saturated rings. The van der Waals surface area contributed by atoms with Crippen LogP contribution in [0.15, 0.2) is 35.3 Å². The highest BCUT2D eigenvalue weighted by Gasteiger charge is 2.21. The second-order valence-corrected chi connectivity index (χ2v) is 4.97. The molecule has 2 aromatic heterocycles. The first kappa shape index (κ1) is 16.4. The molecular formula is C15H14ClN3O4. The average molecular weight is 336 g/mol. The maximum Gasteiger partial charge on any atom is 0.345 e. The molecule has 2 heterocycles. The van der Waals surface area contributed by atoms with E-state index in [1.54, 1.807) is 12.1 Å². The fourth-order valence-electron chi connectivity index (χ4n) is 2.47. The molecule has 8 heteroatoms. The van der Waals surface area contributed by atoms with Crippen molar-refractivity contribution in [2.75, 3.05) is 5.73 Å². The molecule has 0 aliphatic rings. The zero-order valence-electron chi connectivity index (χ0n) is 12.0. The van der Waals surface area contributed by atoms with E-state index in [-0.39, 0.29) is 23.8 Å². The van der Waals surface area contributed by atoms with Crippen LogP contribution in [0.2, 0.25) is 0 Å². The summed E-state index contributed by atoms with van der Waals surface area (Å²) in [6, 6.07) is 7.30. The first-order valence-corrected chi connectivity index (χ1v) is 6.43. The smallest absolute Gasteiger partial charge is 0.345 e. The summed E-state index contributed by atoms with van der Waals surface area (Å²) in [5, 5.41) is 19.7. The summed E-state index contributed by atoms with van der Waals surface area (Å²) in [6.45, 7) is 0. The number of aromatic nitrogens is 2. The van der Waals surface area contributed by atoms with Gasteiger partial charge in [0, 0.05) is 29.7 Å². The van der Waals surface area contributed by atoms with Gasteiger partial charge in [0.05, 0.1) is 11.4 Å². The highest BCUT2D eigenvalue weighted by atomic mass is 35.5. The number of carbonyl (C=O) groups is 1. The first-order chi connectivity index (χ1) is 10.4. The van der Waals surface area contributed by atoms with Crippen LogP contribution in [0.25, 0.3) is 22.2 Å². The van der Waals surface area contributed by atoms with Gasteiger partial charge in [-0.1, -0.05) is 6.07 Å². The van der Waals surface area contributed by atoms with Gasteiger partial charge in [-0.25, -0.2) is 4.79 Å². The van der Waals surface area contributed by atoms with Crippen molar-refractivity contribution in [2.24, 2.45) is 7.05 Å². The lowest BCUT2D eigenvalue weighted by atomic mass is 10.1. The third-order valence-corrected chi connectivity index (χ3v) is 3.61. The molecule has 5 N–H and O–H groups in total. The van der Waals surface area contributed by atoms with Crippen LogP contribution in [0.3, 0.4) is 0 Å². The van der Waals surface area contributed by atoms with Crippen LogP contribution in [-0.2, 0) is 7.05 Å². The molecule has 23 heavy (non-hydrogen) atoms. The molecule has 0 bridgehead atoms. The van der Waals surface area contributed by atoms with Crippen LogP contribution in [0.1, 0.15) is 10.4 Å². The molecule has 0 saturated heterocycles. The molecular weight excluding hydrogens is 322 g/mol. The van der Waals surface area contributed by atoms with Crippen molar-refractivity contribution < 1.29 is 15.0 Å². The zero-order chi connectivity index (χ0) is 16.0. The van der Waals surface area contributed by atoms with Crippen molar-refractivity contribution in [3.05, 3.63) is 46.4 Å². The van der Waals surface area contributed by atoms with Gasteiger partial charge >= 0.3 is 5.97 Å². The van der Waals surface area contributed by atoms with Gasteiger partial charge in [0.1, 0.15) is 0 Å². The number of halogens is 1. The maximum atomic E-state index is 11.8. The Labute approximate surface area is 136 Å². The number of nitrogens with zero attached hydrogens (tertiary/aromatic N) is 1. The summed E-state index contributed by atoms with van der Waals surface area (Å²) in [5.41, 5.74) is 5.72. The van der Waals surface area contributed by atoms with Crippen molar-refractivity contribution in [3.63, 3.8) is 0 Å². The molecule has 0 aliphatic heterocycles. The van der Waals surface area contributed by atoms with E-state index in [1.807, 2.05) is 29.9 Å². The van der Waals surface area contributed by atoms with Gasteiger partial charge in [-0.2, -0.15) is 0 Å². The van der Waals surface area contributed by atoms with Crippen molar-refractivity contribution in [1.29, 1.82) is 0 Å². The summed E-state index contributed by atoms with van der Waals surface area (Å²) in [5.74, 6) is -2.25. The van der Waals surface area contributed by atoms with Crippen LogP contribution in [0.4, 0.5) is 5.69 Å². The van der Waals surface area contributed by atoms with Crippen LogP contribution >= 0.6 is 12.4 Å². The molecule has 1 aromatic carbocycles. The van der Waals surface area contributed by atoms with Crippen LogP contribution in [0.5, 0.6) is 5.75 Å². The van der Waals surface area contributed by atoms with Crippen LogP contribution in [-0.4, -0.2) is 25.7 Å². The minimum absolute atomic E-state index is 0. The third-order valence-electron chi connectivity index (χ3n) is 3.61. The number of aromatic hydroxyl groups is 1. The van der Waals surface area contributed by atoms with E-state index in [9.17, 15) is 14.7 Å². The summed E-state index contributed by atoms with van der Waals surface area (Å²) in [6.07, 6.45) is 1.89. The molecule has 0 spiro atoms. The monoisotopic (exact) mass is 335 g/mol. The molecule has 0 atom stereocenters. The van der Waals surface area contributed by atoms with Gasteiger partial charge in [-0.3, -0.25) is 4.79 Å². The lowest BCUT2D eigenvalue weighted by molar-refractivity contribution is 0.0692. The number of benzene rings is 1. The van der Waals surface area contributed by atoms with Gasteiger partial charge in [0.2, 0.25) is 0 Å². The summed E-state index contributed by atoms with van der Waals surface area (Å²) < 4.78 is 1.94. The van der Waals surface area contributed by atoms with Gasteiger partial charge in [-0.05, 0) is 18.2 Å². The predicted molar refractivity (Wildman–Crippen MR) is 89.3 cm³/mol. The second-order valence-electron chi connectivity index (χ2n) is 4.97. The number of pyridine rings is 1. The largest absolute Gasteiger partial charge is 0.505 e. The Morgan fingerprint density at radius 3 is 2.65 bits per heavy atom. The van der Waals surface area contributed by atoms with E-state index in [2.05, 4.69) is 4.98 Å². The number of nitrogens with one attached hydrogen (secondary N) is 1. The van der Waals surface area contributed by atoms with Crippen molar-refractivity contribution in [3.8, 4) is 17.0 Å². The molecule has 3 rings (SSSR count). The summed E-state index contributed by atoms with van der Waals surface area (Å²) in [7, 11) is 1.91. The maximum absolute atomic E-state index is 11.8. The van der Waals surface area contributed by atoms with Gasteiger partial charge in [0.25, 0.3) is 5.56 Å². The van der Waals surface area contributed by atoms with E-state index >= 15 is 0 Å². The third kappa shape index (κ3) is 2.51. The number of hydrogen-bond acceptors (Lipinski definition) is 4. The van der Waals surface area contributed by atoms with Crippen molar-refractivity contribution in [2.45, 2.75) is 0 Å². The molecule has 0 unspecified atom stereocenters. The number of aromatic amines is 1. The second kappa shape index (κ2) is 5.69. The first-order valence-electron chi connectivity index (χ1n) is 6.43. The topological polar surface area (TPSA) is 121 Å². The SMILES string of the molecule is Cl.Cn1ccc2cc(-c3[nH]c(=O)c(C(=O)O)c(O)c3N)ccc21. The van der Waals surface area contributed by atoms with Crippen molar-refractivity contribution >= 4 is 35.0 Å². The Balaban J connectivity index is 0.00000192. The van der Waals surface area contributed by atoms with E-state index in [1.165, 1.54) is 0 Å². The zero-order valence-corrected chi connectivity index (χ0v) is 12.8. The Hall–Kier alpha value is -2.93. The Morgan fingerprint density at radius 2 is 2.00 bits per heavy atom. The summed E-state index contributed by atoms with van der Waals surface area (Å²) >= 11 is 0. The van der Waals surface area contributed by atoms with Gasteiger partial charge < -0.3 is 25.5 Å². The molecule has 120 valence electrons. The number of hydrogen-bond donors (Lipinski definition) is 4. The molecule has 7 nitrogen and oxygen atoms in total. The number of carboxylic acids is 1. The lowest BCUT2D eigenvalue weighted by Crippen LogP contribution is -2.19. The molecule has 0 amide bonds. The number of fused-ring (bicyclic) bond motifs is 1. The Bertz CT molecular complexity index is 975. The fourth-order valence-corrected chi connectivity index (χ4v) is 2.47. The van der Waals surface area contributed by atoms with E-state index < -0.39 is 22.8 Å². The van der Waals surface area contributed by atoms with E-state index in [4.69, 9.17) is 10.8 Å². The lowest BCUT2D eigenvalue weighted by Gasteiger charge is -2.10. The number of nitrogens with two attached hydrogens (primary N) is 1. The number of H-pyrrole nitrogens is 1. The highest BCUT2D eigenvalue weighted by molar-refractivity contribution is 5.95. The number of aromatic carboxylic acids is 1. The standard InChI is InChI=1S/C15H13N3O4.ClH/c1-18-5-4-7-6-8(2-3-9(7)18)12-11(16)13(19)10(15(21)22)14(20)17-12;/h2-6H,16H2,1H3,(H,21,22)(H2,17,19,20);1H. The summed E-state index contributed by atoms with van der Waals surface area (Å²) in [4.78, 5) is 25.2. The van der Waals surface area contributed by atoms with Crippen LogP contribution < -0.4 is 11.3 Å². The minimum atomic E-state index is -1.53. The number of rotatable bonds is 2. The normalized spacial score (nSPS) is 10.5. The fraction of sp³-hybridized carbons (Fsp3) is 0.0667. The van der Waals surface area contributed by atoms with E-state index in [0.29, 0.717) is 5.56 Å². The molecule has 0 saturated carbocycles. The van der Waals surface area contributed by atoms with Crippen LogP contribution in [0, 0.1) is 0 Å². The van der Waals surface area contributed by atoms with Gasteiger partial charge in [-0.15, -0.1) is 12.4 Å². The Morgan fingerprint density at radius 1 is 1.30 bits per heavy atom. The number of nitrogen functional groups attached to an aromatic ring is 1. The predicted octanol–water partition coefficient (Wildman–Crippen LogP) is 1.94. The number of carboxylic acid groups (broad SMARTS) is 1. The van der Waals surface area contributed by atoms with Crippen molar-refractivity contribution in [1.82, 2.24) is 9.55 Å². The number of anilines is 1. The van der Waals surface area contributed by atoms with Gasteiger partial charge in [0.15, 0.2) is 11.3 Å². The van der Waals surface area contributed by atoms with E-state index in [0.717, 1.165) is 10.9 Å². The minimum Gasteiger partial charge on any atom is -0.505 e. The quantitative estimate of drug-likeness (QED) is 0.570. The average Bonchev–Trinajstić information content (AvgIpc) is 2.83. The Kier molecular flexibility index (Phi) is 4.07. The molecule has 0 radical (unpaired) electrons. The highest BCUT2D eigenvalue weighted by Crippen LogP contribution is 2.33. The number of aryl methyl sites for hydroxylation is 1.